The van der Waals surface area contributed by atoms with Gasteiger partial charge in [-0.1, -0.05) is 0 Å². The summed E-state index contributed by atoms with van der Waals surface area (Å²) < 4.78 is 0. The number of nitrogens with two attached hydrogens (primary N) is 1. The minimum absolute atomic E-state index is 0.230. The third kappa shape index (κ3) is 2.97. The zero-order valence-corrected chi connectivity index (χ0v) is 9.20. The third-order valence-electron chi connectivity index (χ3n) is 1.93. The second kappa shape index (κ2) is 5.15. The fourth-order valence-corrected chi connectivity index (χ4v) is 1.12. The van der Waals surface area contributed by atoms with E-state index in [-0.39, 0.29) is 17.4 Å². The molecule has 1 aromatic heterocycles. The van der Waals surface area contributed by atoms with Crippen LogP contribution in [0.2, 0.25) is 0 Å². The first-order valence-electron chi connectivity index (χ1n) is 4.94. The molecule has 0 spiro atoms. The average Bonchev–Trinajstić information content (AvgIpc) is 2.65. The lowest BCUT2D eigenvalue weighted by molar-refractivity contribution is -0.122. The second-order valence-corrected chi connectivity index (χ2v) is 3.30. The lowest BCUT2D eigenvalue weighted by Crippen LogP contribution is -2.44. The van der Waals surface area contributed by atoms with Crippen LogP contribution >= 0.6 is 0 Å². The number of nitrogens with one attached hydrogen (secondary N) is 3. The molecule has 1 heterocycles. The molecule has 0 saturated carbocycles. The van der Waals surface area contributed by atoms with Crippen molar-refractivity contribution in [3.05, 3.63) is 11.8 Å². The fraction of sp³-hybridized carbons (Fsp3) is 0.444. The van der Waals surface area contributed by atoms with Crippen LogP contribution in [0.4, 0.5) is 5.82 Å². The van der Waals surface area contributed by atoms with E-state index in [2.05, 4.69) is 20.8 Å². The number of aromatic nitrogens is 2. The Hall–Kier alpha value is -2.05. The predicted octanol–water partition coefficient (Wildman–Crippen LogP) is -0.754. The summed E-state index contributed by atoms with van der Waals surface area (Å²) in [6.07, 6.45) is 0. The topological polar surface area (TPSA) is 113 Å². The molecular weight excluding hydrogens is 210 g/mol. The van der Waals surface area contributed by atoms with E-state index >= 15 is 0 Å². The molecule has 0 aliphatic rings. The Labute approximate surface area is 92.8 Å². The summed E-state index contributed by atoms with van der Waals surface area (Å²) in [7, 11) is 0. The van der Waals surface area contributed by atoms with Crippen LogP contribution < -0.4 is 16.4 Å². The van der Waals surface area contributed by atoms with Crippen molar-refractivity contribution in [2.45, 2.75) is 19.9 Å². The SMILES string of the molecule is CCNC(=O)C(C)NC(=O)c1cc(N)n[nH]1. The van der Waals surface area contributed by atoms with Gasteiger partial charge in [-0.3, -0.25) is 14.7 Å². The van der Waals surface area contributed by atoms with Gasteiger partial charge in [-0.05, 0) is 13.8 Å². The predicted molar refractivity (Wildman–Crippen MR) is 58.6 cm³/mol. The summed E-state index contributed by atoms with van der Waals surface area (Å²) in [5.74, 6) is -0.415. The molecule has 0 aromatic carbocycles. The first-order chi connectivity index (χ1) is 7.54. The molecule has 5 N–H and O–H groups in total. The van der Waals surface area contributed by atoms with Crippen molar-refractivity contribution in [1.29, 1.82) is 0 Å². The van der Waals surface area contributed by atoms with Crippen molar-refractivity contribution in [2.75, 3.05) is 12.3 Å². The van der Waals surface area contributed by atoms with Crippen molar-refractivity contribution in [3.63, 3.8) is 0 Å². The normalized spacial score (nSPS) is 11.9. The van der Waals surface area contributed by atoms with Crippen LogP contribution in [-0.4, -0.2) is 34.6 Å². The van der Waals surface area contributed by atoms with Gasteiger partial charge < -0.3 is 16.4 Å². The number of nitrogen functional groups attached to an aromatic ring is 1. The quantitative estimate of drug-likeness (QED) is 0.539. The van der Waals surface area contributed by atoms with E-state index < -0.39 is 11.9 Å². The lowest BCUT2D eigenvalue weighted by atomic mass is 10.3. The molecule has 7 nitrogen and oxygen atoms in total. The van der Waals surface area contributed by atoms with Gasteiger partial charge in [0.05, 0.1) is 0 Å². The second-order valence-electron chi connectivity index (χ2n) is 3.30. The number of hydrogen-bond donors (Lipinski definition) is 4. The van der Waals surface area contributed by atoms with Crippen molar-refractivity contribution in [3.8, 4) is 0 Å². The highest BCUT2D eigenvalue weighted by Crippen LogP contribution is 2.00. The van der Waals surface area contributed by atoms with Crippen molar-refractivity contribution in [2.24, 2.45) is 0 Å². The molecule has 0 aliphatic heterocycles. The number of carbonyl (C=O) groups excluding carboxylic acids is 2. The third-order valence-corrected chi connectivity index (χ3v) is 1.93. The molecule has 0 aliphatic carbocycles. The van der Waals surface area contributed by atoms with E-state index in [0.717, 1.165) is 0 Å². The van der Waals surface area contributed by atoms with Crippen molar-refractivity contribution >= 4 is 17.6 Å². The Morgan fingerprint density at radius 2 is 2.31 bits per heavy atom. The minimum Gasteiger partial charge on any atom is -0.382 e. The number of H-pyrrole nitrogens is 1. The summed E-state index contributed by atoms with van der Waals surface area (Å²) in [5, 5.41) is 11.2. The van der Waals surface area contributed by atoms with Gasteiger partial charge in [0.15, 0.2) is 0 Å². The van der Waals surface area contributed by atoms with Crippen LogP contribution in [0.15, 0.2) is 6.07 Å². The van der Waals surface area contributed by atoms with E-state index in [1.54, 1.807) is 6.92 Å². The van der Waals surface area contributed by atoms with E-state index in [1.807, 2.05) is 6.92 Å². The Morgan fingerprint density at radius 1 is 1.62 bits per heavy atom. The highest BCUT2D eigenvalue weighted by molar-refractivity contribution is 5.96. The van der Waals surface area contributed by atoms with Gasteiger partial charge in [-0.25, -0.2) is 0 Å². The summed E-state index contributed by atoms with van der Waals surface area (Å²) in [5.41, 5.74) is 5.58. The molecule has 0 bridgehead atoms. The molecule has 88 valence electrons. The maximum Gasteiger partial charge on any atom is 0.270 e. The van der Waals surface area contributed by atoms with Gasteiger partial charge in [-0.2, -0.15) is 5.10 Å². The van der Waals surface area contributed by atoms with Gasteiger partial charge >= 0.3 is 0 Å². The number of carbonyl (C=O) groups is 2. The van der Waals surface area contributed by atoms with Gasteiger partial charge in [-0.15, -0.1) is 0 Å². The standard InChI is InChI=1S/C9H15N5O2/c1-3-11-8(15)5(2)12-9(16)6-4-7(10)14-13-6/h4-5H,3H2,1-2H3,(H,11,15)(H,12,16)(H3,10,13,14). The maximum absolute atomic E-state index is 11.6. The number of rotatable bonds is 4. The van der Waals surface area contributed by atoms with Gasteiger partial charge in [0.25, 0.3) is 5.91 Å². The van der Waals surface area contributed by atoms with Crippen LogP contribution in [0.3, 0.4) is 0 Å². The molecule has 2 amide bonds. The van der Waals surface area contributed by atoms with Crippen LogP contribution in [0.25, 0.3) is 0 Å². The van der Waals surface area contributed by atoms with E-state index in [0.29, 0.717) is 6.54 Å². The molecule has 1 aromatic rings. The first kappa shape index (κ1) is 12.0. The van der Waals surface area contributed by atoms with E-state index in [9.17, 15) is 9.59 Å². The highest BCUT2D eigenvalue weighted by Gasteiger charge is 2.16. The number of likely N-dealkylation sites (N-methyl/N-ethyl adjacent to an activating group) is 1. The van der Waals surface area contributed by atoms with E-state index in [4.69, 9.17) is 5.73 Å². The van der Waals surface area contributed by atoms with Gasteiger partial charge in [0.1, 0.15) is 17.6 Å². The highest BCUT2D eigenvalue weighted by atomic mass is 16.2. The summed E-state index contributed by atoms with van der Waals surface area (Å²) in [6.45, 7) is 3.93. The Balaban J connectivity index is 2.54. The molecule has 0 radical (unpaired) electrons. The van der Waals surface area contributed by atoms with Gasteiger partial charge in [0.2, 0.25) is 5.91 Å². The molecule has 1 unspecified atom stereocenters. The summed E-state index contributed by atoms with van der Waals surface area (Å²) >= 11 is 0. The van der Waals surface area contributed by atoms with Crippen LogP contribution in [0.5, 0.6) is 0 Å². The molecule has 1 atom stereocenters. The number of aromatic amines is 1. The molecule has 1 rings (SSSR count). The monoisotopic (exact) mass is 225 g/mol. The van der Waals surface area contributed by atoms with E-state index in [1.165, 1.54) is 6.07 Å². The minimum atomic E-state index is -0.600. The number of amides is 2. The lowest BCUT2D eigenvalue weighted by Gasteiger charge is -2.12. The molecular formula is C9H15N5O2. The first-order valence-corrected chi connectivity index (χ1v) is 4.94. The Bertz CT molecular complexity index is 387. The summed E-state index contributed by atoms with van der Waals surface area (Å²) in [4.78, 5) is 22.9. The smallest absolute Gasteiger partial charge is 0.270 e. The molecule has 16 heavy (non-hydrogen) atoms. The van der Waals surface area contributed by atoms with Gasteiger partial charge in [0, 0.05) is 12.6 Å². The maximum atomic E-state index is 11.6. The van der Waals surface area contributed by atoms with Crippen LogP contribution in [0.1, 0.15) is 24.3 Å². The number of nitrogens with zero attached hydrogens (tertiary/aromatic N) is 1. The van der Waals surface area contributed by atoms with Crippen molar-refractivity contribution < 1.29 is 9.59 Å². The zero-order chi connectivity index (χ0) is 12.1. The summed E-state index contributed by atoms with van der Waals surface area (Å²) in [6, 6.07) is 0.803. The largest absolute Gasteiger partial charge is 0.382 e. The van der Waals surface area contributed by atoms with Crippen LogP contribution in [0, 0.1) is 0 Å². The van der Waals surface area contributed by atoms with Crippen molar-refractivity contribution in [1.82, 2.24) is 20.8 Å². The molecule has 0 fully saturated rings. The fourth-order valence-electron chi connectivity index (χ4n) is 1.12. The average molecular weight is 225 g/mol. The number of anilines is 1. The number of hydrogen-bond acceptors (Lipinski definition) is 4. The molecule has 7 heteroatoms. The van der Waals surface area contributed by atoms with Crippen LogP contribution in [-0.2, 0) is 4.79 Å². The molecule has 0 saturated heterocycles. The Morgan fingerprint density at radius 3 is 2.81 bits per heavy atom. The zero-order valence-electron chi connectivity index (χ0n) is 9.20. The Kier molecular flexibility index (Phi) is 3.87.